The summed E-state index contributed by atoms with van der Waals surface area (Å²) < 4.78 is 5.64. The molecule has 0 aliphatic carbocycles. The average molecular weight is 254 g/mol. The number of fused-ring (bicyclic) bond motifs is 1. The first-order valence-corrected chi connectivity index (χ1v) is 6.70. The van der Waals surface area contributed by atoms with Gasteiger partial charge >= 0.3 is 0 Å². The number of aryl methyl sites for hydroxylation is 1. The van der Waals surface area contributed by atoms with Crippen LogP contribution in [0.3, 0.4) is 0 Å². The second-order valence-electron chi connectivity index (χ2n) is 4.96. The molecule has 1 aromatic carbocycles. The predicted molar refractivity (Wildman–Crippen MR) is 76.7 cm³/mol. The minimum absolute atomic E-state index is 0.261. The molecule has 1 unspecified atom stereocenters. The number of nitrogens with two attached hydrogens (primary N) is 1. The van der Waals surface area contributed by atoms with E-state index in [0.29, 0.717) is 0 Å². The van der Waals surface area contributed by atoms with Crippen LogP contribution in [-0.4, -0.2) is 11.6 Å². The van der Waals surface area contributed by atoms with Crippen molar-refractivity contribution in [1.82, 2.24) is 4.98 Å². The summed E-state index contributed by atoms with van der Waals surface area (Å²) in [5.41, 5.74) is 9.34. The van der Waals surface area contributed by atoms with Gasteiger partial charge in [-0.15, -0.1) is 0 Å². The fraction of sp³-hybridized carbons (Fsp3) is 0.312. The fourth-order valence-electron chi connectivity index (χ4n) is 2.47. The van der Waals surface area contributed by atoms with Crippen LogP contribution in [0.15, 0.2) is 42.2 Å². The van der Waals surface area contributed by atoms with E-state index in [1.54, 1.807) is 0 Å². The zero-order chi connectivity index (χ0) is 13.2. The van der Waals surface area contributed by atoms with Crippen LogP contribution in [0.5, 0.6) is 0 Å². The monoisotopic (exact) mass is 254 g/mol. The van der Waals surface area contributed by atoms with E-state index < -0.39 is 0 Å². The van der Waals surface area contributed by atoms with E-state index in [1.165, 1.54) is 10.9 Å². The third-order valence-electron chi connectivity index (χ3n) is 3.53. The topological polar surface area (TPSA) is 48.1 Å². The molecule has 3 rings (SSSR count). The molecule has 1 atom stereocenters. The number of rotatable bonds is 2. The van der Waals surface area contributed by atoms with Crippen molar-refractivity contribution in [3.63, 3.8) is 0 Å². The van der Waals surface area contributed by atoms with Crippen molar-refractivity contribution in [1.29, 1.82) is 0 Å². The molecule has 1 aliphatic heterocycles. The number of allylic oxidation sites excluding steroid dienone is 1. The van der Waals surface area contributed by atoms with Gasteiger partial charge < -0.3 is 10.5 Å². The smallest absolute Gasteiger partial charge is 0.115 e. The van der Waals surface area contributed by atoms with Crippen molar-refractivity contribution in [2.75, 3.05) is 6.61 Å². The van der Waals surface area contributed by atoms with Gasteiger partial charge in [0.25, 0.3) is 0 Å². The first-order chi connectivity index (χ1) is 9.25. The summed E-state index contributed by atoms with van der Waals surface area (Å²) >= 11 is 0. The highest BCUT2D eigenvalue weighted by molar-refractivity contribution is 5.82. The van der Waals surface area contributed by atoms with Crippen molar-refractivity contribution >= 4 is 10.9 Å². The van der Waals surface area contributed by atoms with E-state index in [2.05, 4.69) is 30.1 Å². The Morgan fingerprint density at radius 3 is 2.95 bits per heavy atom. The van der Waals surface area contributed by atoms with Gasteiger partial charge in [0.05, 0.1) is 17.8 Å². The molecule has 3 nitrogen and oxygen atoms in total. The van der Waals surface area contributed by atoms with Gasteiger partial charge in [0, 0.05) is 5.39 Å². The Morgan fingerprint density at radius 1 is 1.32 bits per heavy atom. The van der Waals surface area contributed by atoms with Crippen molar-refractivity contribution in [3.8, 4) is 0 Å². The van der Waals surface area contributed by atoms with Crippen LogP contribution in [0.2, 0.25) is 0 Å². The first kappa shape index (κ1) is 12.2. The molecule has 0 saturated carbocycles. The summed E-state index contributed by atoms with van der Waals surface area (Å²) in [6, 6.07) is 9.94. The van der Waals surface area contributed by atoms with Crippen LogP contribution in [0.25, 0.3) is 10.9 Å². The third-order valence-corrected chi connectivity index (χ3v) is 3.53. The minimum atomic E-state index is -0.261. The summed E-state index contributed by atoms with van der Waals surface area (Å²) in [6.07, 6.45) is 4.19. The number of para-hydroxylation sites is 1. The van der Waals surface area contributed by atoms with Crippen molar-refractivity contribution < 1.29 is 4.74 Å². The van der Waals surface area contributed by atoms with Gasteiger partial charge in [0.15, 0.2) is 0 Å². The molecule has 0 radical (unpaired) electrons. The normalized spacial score (nSPS) is 16.8. The number of hydrogen-bond donors (Lipinski definition) is 1. The number of ether oxygens (including phenoxy) is 1. The Bertz CT molecular complexity index is 634. The number of nitrogens with zero attached hydrogens (tertiary/aromatic N) is 1. The highest BCUT2D eigenvalue weighted by Crippen LogP contribution is 2.26. The van der Waals surface area contributed by atoms with Crippen LogP contribution in [-0.2, 0) is 4.74 Å². The van der Waals surface area contributed by atoms with E-state index in [0.717, 1.165) is 36.4 Å². The van der Waals surface area contributed by atoms with Crippen molar-refractivity contribution in [2.24, 2.45) is 5.73 Å². The Hall–Kier alpha value is -1.87. The lowest BCUT2D eigenvalue weighted by Crippen LogP contribution is -2.19. The lowest BCUT2D eigenvalue weighted by atomic mass is 10.0. The van der Waals surface area contributed by atoms with Gasteiger partial charge in [-0.25, -0.2) is 0 Å². The van der Waals surface area contributed by atoms with Gasteiger partial charge in [-0.3, -0.25) is 4.98 Å². The molecule has 0 bridgehead atoms. The summed E-state index contributed by atoms with van der Waals surface area (Å²) in [5.74, 6) is 0.855. The maximum Gasteiger partial charge on any atom is 0.115 e. The maximum atomic E-state index is 6.27. The average Bonchev–Trinajstić information content (AvgIpc) is 2.47. The van der Waals surface area contributed by atoms with Crippen molar-refractivity contribution in [3.05, 3.63) is 53.4 Å². The molecule has 1 aromatic heterocycles. The second-order valence-corrected chi connectivity index (χ2v) is 4.96. The van der Waals surface area contributed by atoms with Gasteiger partial charge in [-0.2, -0.15) is 0 Å². The lowest BCUT2D eigenvalue weighted by molar-refractivity contribution is 0.175. The van der Waals surface area contributed by atoms with Crippen LogP contribution in [0.1, 0.15) is 30.1 Å². The first-order valence-electron chi connectivity index (χ1n) is 6.70. The summed E-state index contributed by atoms with van der Waals surface area (Å²) in [7, 11) is 0. The zero-order valence-corrected chi connectivity index (χ0v) is 11.1. The number of pyridine rings is 1. The fourth-order valence-corrected chi connectivity index (χ4v) is 2.47. The molecule has 2 aromatic rings. The molecule has 2 heterocycles. The highest BCUT2D eigenvalue weighted by Gasteiger charge is 2.18. The molecule has 0 saturated heterocycles. The molecule has 0 amide bonds. The standard InChI is InChI=1S/C16H18N2O/c1-11-10-14(16(17)15-8-4-5-9-19-15)18-13-7-3-2-6-12(11)13/h2-3,6-8,10,16H,4-5,9,17H2,1H3. The van der Waals surface area contributed by atoms with Crippen LogP contribution >= 0.6 is 0 Å². The van der Waals surface area contributed by atoms with Crippen LogP contribution in [0, 0.1) is 6.92 Å². The van der Waals surface area contributed by atoms with Gasteiger partial charge in [0.1, 0.15) is 11.8 Å². The zero-order valence-electron chi connectivity index (χ0n) is 11.1. The molecule has 0 spiro atoms. The minimum Gasteiger partial charge on any atom is -0.496 e. The summed E-state index contributed by atoms with van der Waals surface area (Å²) in [6.45, 7) is 2.85. The summed E-state index contributed by atoms with van der Waals surface area (Å²) in [5, 5.41) is 1.18. The van der Waals surface area contributed by atoms with E-state index >= 15 is 0 Å². The quantitative estimate of drug-likeness (QED) is 0.895. The molecule has 2 N–H and O–H groups in total. The van der Waals surface area contributed by atoms with E-state index in [1.807, 2.05) is 18.2 Å². The Balaban J connectivity index is 2.03. The predicted octanol–water partition coefficient (Wildman–Crippen LogP) is 3.24. The van der Waals surface area contributed by atoms with E-state index in [9.17, 15) is 0 Å². The molecule has 98 valence electrons. The van der Waals surface area contributed by atoms with E-state index in [4.69, 9.17) is 10.5 Å². The molecule has 3 heteroatoms. The number of aromatic nitrogens is 1. The second kappa shape index (κ2) is 5.02. The SMILES string of the molecule is Cc1cc(C(N)C2=CCCCO2)nc2ccccc12. The van der Waals surface area contributed by atoms with Gasteiger partial charge in [-0.05, 0) is 43.5 Å². The highest BCUT2D eigenvalue weighted by atomic mass is 16.5. The Morgan fingerprint density at radius 2 is 2.16 bits per heavy atom. The van der Waals surface area contributed by atoms with Crippen molar-refractivity contribution in [2.45, 2.75) is 25.8 Å². The van der Waals surface area contributed by atoms with Gasteiger partial charge in [0.2, 0.25) is 0 Å². The van der Waals surface area contributed by atoms with E-state index in [-0.39, 0.29) is 6.04 Å². The Kier molecular flexibility index (Phi) is 3.22. The summed E-state index contributed by atoms with van der Waals surface area (Å²) in [4.78, 5) is 4.67. The molecule has 0 fully saturated rings. The van der Waals surface area contributed by atoms with Crippen LogP contribution < -0.4 is 5.73 Å². The molecular formula is C16H18N2O. The molecule has 19 heavy (non-hydrogen) atoms. The number of benzene rings is 1. The lowest BCUT2D eigenvalue weighted by Gasteiger charge is -2.21. The number of hydrogen-bond acceptors (Lipinski definition) is 3. The molecular weight excluding hydrogens is 236 g/mol. The van der Waals surface area contributed by atoms with Crippen LogP contribution in [0.4, 0.5) is 0 Å². The molecule has 1 aliphatic rings. The van der Waals surface area contributed by atoms with Gasteiger partial charge in [-0.1, -0.05) is 18.2 Å². The Labute approximate surface area is 113 Å². The maximum absolute atomic E-state index is 6.27. The third kappa shape index (κ3) is 2.34. The largest absolute Gasteiger partial charge is 0.496 e.